The lowest BCUT2D eigenvalue weighted by molar-refractivity contribution is -0.152. The summed E-state index contributed by atoms with van der Waals surface area (Å²) in [5.41, 5.74) is 1.88. The number of ketones is 1. The van der Waals surface area contributed by atoms with Crippen molar-refractivity contribution in [2.45, 2.75) is 35.9 Å². The van der Waals surface area contributed by atoms with Gasteiger partial charge in [-0.05, 0) is 24.3 Å². The van der Waals surface area contributed by atoms with Gasteiger partial charge in [-0.25, -0.2) is 0 Å². The number of aromatic nitrogens is 2. The summed E-state index contributed by atoms with van der Waals surface area (Å²) in [5.74, 6) is 0.371. The first kappa shape index (κ1) is 17.7. The molecule has 2 fully saturated rings. The number of carbonyl (C=O) groups excluding carboxylic acids is 1. The van der Waals surface area contributed by atoms with Crippen LogP contribution >= 0.6 is 33.3 Å². The van der Waals surface area contributed by atoms with Gasteiger partial charge >= 0.3 is 0 Å². The SMILES string of the molecule is Cn1cccc1C1(c2cccn2C)SSC2(S1)C(C)(C)C(=O)C2(C)C. The van der Waals surface area contributed by atoms with E-state index in [1.165, 1.54) is 11.4 Å². The average molecular weight is 393 g/mol. The van der Waals surface area contributed by atoms with Gasteiger partial charge in [-0.2, -0.15) is 0 Å². The van der Waals surface area contributed by atoms with Crippen LogP contribution in [0.4, 0.5) is 0 Å². The van der Waals surface area contributed by atoms with Crippen molar-refractivity contribution in [3.63, 3.8) is 0 Å². The van der Waals surface area contributed by atoms with E-state index in [0.29, 0.717) is 5.78 Å². The van der Waals surface area contributed by atoms with Crippen LogP contribution in [0.25, 0.3) is 0 Å². The first-order chi connectivity index (χ1) is 11.6. The Morgan fingerprint density at radius 1 is 0.840 bits per heavy atom. The van der Waals surface area contributed by atoms with Gasteiger partial charge in [0.05, 0.1) is 15.5 Å². The van der Waals surface area contributed by atoms with E-state index < -0.39 is 0 Å². The highest BCUT2D eigenvalue weighted by molar-refractivity contribution is 8.83. The maximum absolute atomic E-state index is 12.8. The topological polar surface area (TPSA) is 26.9 Å². The molecule has 1 aliphatic heterocycles. The van der Waals surface area contributed by atoms with Crippen LogP contribution in [-0.2, 0) is 23.0 Å². The van der Waals surface area contributed by atoms with Gasteiger partial charge in [-0.1, -0.05) is 49.3 Å². The largest absolute Gasteiger partial charge is 0.352 e. The molecular weight excluding hydrogens is 368 g/mol. The summed E-state index contributed by atoms with van der Waals surface area (Å²) in [5, 5.41) is 0. The minimum atomic E-state index is -0.336. The molecule has 3 heterocycles. The highest BCUT2D eigenvalue weighted by atomic mass is 33.1. The van der Waals surface area contributed by atoms with E-state index >= 15 is 0 Å². The second-order valence-electron chi connectivity index (χ2n) is 8.09. The minimum absolute atomic E-state index is 0.143. The number of nitrogens with zero attached hydrogens (tertiary/aromatic N) is 2. The van der Waals surface area contributed by atoms with Crippen molar-refractivity contribution in [2.24, 2.45) is 24.9 Å². The number of carbonyl (C=O) groups is 1. The number of hydrogen-bond acceptors (Lipinski definition) is 4. The quantitative estimate of drug-likeness (QED) is 0.670. The van der Waals surface area contributed by atoms with Crippen LogP contribution in [0.3, 0.4) is 0 Å². The van der Waals surface area contributed by atoms with E-state index in [4.69, 9.17) is 0 Å². The zero-order chi connectivity index (χ0) is 18.3. The van der Waals surface area contributed by atoms with Crippen LogP contribution in [-0.4, -0.2) is 19.0 Å². The highest BCUT2D eigenvalue weighted by Gasteiger charge is 2.78. The Labute approximate surface area is 161 Å². The lowest BCUT2D eigenvalue weighted by Crippen LogP contribution is -2.70. The molecule has 1 spiro atoms. The molecule has 25 heavy (non-hydrogen) atoms. The first-order valence-corrected chi connectivity index (χ1v) is 11.4. The van der Waals surface area contributed by atoms with Crippen LogP contribution in [0.5, 0.6) is 0 Å². The van der Waals surface area contributed by atoms with E-state index in [1.54, 1.807) is 0 Å². The minimum Gasteiger partial charge on any atom is -0.352 e. The van der Waals surface area contributed by atoms with E-state index in [9.17, 15) is 4.79 Å². The third kappa shape index (κ3) is 1.91. The van der Waals surface area contributed by atoms with Crippen molar-refractivity contribution in [2.75, 3.05) is 0 Å². The average Bonchev–Trinajstić information content (AvgIpc) is 3.25. The summed E-state index contributed by atoms with van der Waals surface area (Å²) in [6, 6.07) is 8.65. The Morgan fingerprint density at radius 3 is 1.72 bits per heavy atom. The molecule has 2 aromatic rings. The lowest BCUT2D eigenvalue weighted by atomic mass is 9.53. The smallest absolute Gasteiger partial charge is 0.153 e. The first-order valence-electron chi connectivity index (χ1n) is 8.46. The van der Waals surface area contributed by atoms with Gasteiger partial charge in [-0.3, -0.25) is 4.79 Å². The summed E-state index contributed by atoms with van der Waals surface area (Å²) in [6.07, 6.45) is 4.22. The van der Waals surface area contributed by atoms with Gasteiger partial charge in [0.1, 0.15) is 5.78 Å². The monoisotopic (exact) mass is 392 g/mol. The summed E-state index contributed by atoms with van der Waals surface area (Å²) in [6.45, 7) is 8.47. The normalized spacial score (nSPS) is 25.3. The number of hydrogen-bond donors (Lipinski definition) is 0. The molecule has 0 bridgehead atoms. The van der Waals surface area contributed by atoms with E-state index in [2.05, 4.69) is 87.6 Å². The van der Waals surface area contributed by atoms with Crippen LogP contribution < -0.4 is 0 Å². The van der Waals surface area contributed by atoms with Crippen LogP contribution in [0, 0.1) is 10.8 Å². The molecule has 2 aliphatic rings. The van der Waals surface area contributed by atoms with Crippen molar-refractivity contribution in [3.8, 4) is 0 Å². The molecule has 134 valence electrons. The highest BCUT2D eigenvalue weighted by Crippen LogP contribution is 2.84. The van der Waals surface area contributed by atoms with Gasteiger partial charge in [-0.15, -0.1) is 11.8 Å². The van der Waals surface area contributed by atoms with Gasteiger partial charge in [0.2, 0.25) is 0 Å². The van der Waals surface area contributed by atoms with E-state index in [1.807, 2.05) is 33.3 Å². The molecule has 4 rings (SSSR count). The molecule has 1 saturated carbocycles. The molecule has 0 amide bonds. The third-order valence-corrected chi connectivity index (χ3v) is 13.3. The summed E-state index contributed by atoms with van der Waals surface area (Å²) < 4.78 is 4.06. The molecule has 0 N–H and O–H groups in total. The fourth-order valence-corrected chi connectivity index (χ4v) is 12.6. The van der Waals surface area contributed by atoms with Crippen molar-refractivity contribution in [1.82, 2.24) is 9.13 Å². The Morgan fingerprint density at radius 2 is 1.32 bits per heavy atom. The van der Waals surface area contributed by atoms with Gasteiger partial charge < -0.3 is 9.13 Å². The molecule has 0 aromatic carbocycles. The van der Waals surface area contributed by atoms with Crippen molar-refractivity contribution in [1.29, 1.82) is 0 Å². The molecule has 1 saturated heterocycles. The maximum atomic E-state index is 12.8. The molecule has 3 nitrogen and oxygen atoms in total. The Bertz CT molecular complexity index is 803. The summed E-state index contributed by atoms with van der Waals surface area (Å²) in [4.78, 5) is 12.8. The van der Waals surface area contributed by atoms with Gasteiger partial charge in [0.25, 0.3) is 0 Å². The molecular formula is C19H24N2OS3. The maximum Gasteiger partial charge on any atom is 0.153 e. The number of Topliss-reactive ketones (excluding diaryl/α,β-unsaturated/α-hetero) is 1. The van der Waals surface area contributed by atoms with E-state index in [0.717, 1.165) is 0 Å². The second-order valence-corrected chi connectivity index (χ2v) is 12.6. The second kappa shape index (κ2) is 5.17. The Kier molecular flexibility index (Phi) is 3.66. The predicted octanol–water partition coefficient (Wildman–Crippen LogP) is 5.02. The zero-order valence-electron chi connectivity index (χ0n) is 15.5. The number of rotatable bonds is 2. The third-order valence-electron chi connectivity index (χ3n) is 5.91. The van der Waals surface area contributed by atoms with Crippen LogP contribution in [0.2, 0.25) is 0 Å². The number of thioether (sulfide) groups is 1. The molecule has 2 aromatic heterocycles. The fraction of sp³-hybridized carbons (Fsp3) is 0.526. The standard InChI is InChI=1S/C19H24N2OS3/c1-16(2)15(22)17(3,4)19(16)23-18(24-25-19,13-9-7-11-20(13)5)14-10-8-12-21(14)6/h7-12H,1-6H3. The van der Waals surface area contributed by atoms with Crippen molar-refractivity contribution < 1.29 is 4.79 Å². The molecule has 6 heteroatoms. The summed E-state index contributed by atoms with van der Waals surface area (Å²) in [7, 11) is 8.03. The number of aryl methyl sites for hydroxylation is 2. The fourth-order valence-electron chi connectivity index (χ4n) is 4.54. The molecule has 0 unspecified atom stereocenters. The Hall–Kier alpha value is -0.720. The Balaban J connectivity index is 1.91. The van der Waals surface area contributed by atoms with Gasteiger partial charge in [0, 0.05) is 37.3 Å². The zero-order valence-corrected chi connectivity index (χ0v) is 17.9. The predicted molar refractivity (Wildman–Crippen MR) is 110 cm³/mol. The summed E-state index contributed by atoms with van der Waals surface area (Å²) >= 11 is 1.97. The van der Waals surface area contributed by atoms with E-state index in [-0.39, 0.29) is 19.0 Å². The van der Waals surface area contributed by atoms with Crippen LogP contribution in [0.15, 0.2) is 36.7 Å². The van der Waals surface area contributed by atoms with Crippen molar-refractivity contribution in [3.05, 3.63) is 48.0 Å². The molecule has 1 aliphatic carbocycles. The lowest BCUT2D eigenvalue weighted by Gasteiger charge is -2.62. The van der Waals surface area contributed by atoms with Crippen molar-refractivity contribution >= 4 is 39.1 Å². The van der Waals surface area contributed by atoms with Gasteiger partial charge in [0.15, 0.2) is 4.08 Å². The van der Waals surface area contributed by atoms with Crippen LogP contribution in [0.1, 0.15) is 39.1 Å². The molecule has 0 atom stereocenters. The molecule has 0 radical (unpaired) electrons.